The minimum Gasteiger partial charge on any atom is -0.496 e. The van der Waals surface area contributed by atoms with Gasteiger partial charge in [0, 0.05) is 12.5 Å². The maximum Gasteiger partial charge on any atom is 0.217 e. The van der Waals surface area contributed by atoms with Crippen LogP contribution < -0.4 is 15.8 Å². The molecule has 0 heterocycles. The molecule has 0 bridgehead atoms. The van der Waals surface area contributed by atoms with Crippen molar-refractivity contribution in [2.45, 2.75) is 46.1 Å². The molecule has 0 aromatic heterocycles. The first-order valence-electron chi connectivity index (χ1n) is 7.19. The summed E-state index contributed by atoms with van der Waals surface area (Å²) in [5.41, 5.74) is 8.95. The van der Waals surface area contributed by atoms with E-state index in [1.54, 1.807) is 7.11 Å². The van der Waals surface area contributed by atoms with E-state index >= 15 is 0 Å². The van der Waals surface area contributed by atoms with Crippen LogP contribution in [-0.4, -0.2) is 19.6 Å². The lowest BCUT2D eigenvalue weighted by Crippen LogP contribution is -2.22. The Labute approximate surface area is 121 Å². The summed E-state index contributed by atoms with van der Waals surface area (Å²) in [5.74, 6) is 0.711. The highest BCUT2D eigenvalue weighted by Crippen LogP contribution is 2.28. The first kappa shape index (κ1) is 16.5. The van der Waals surface area contributed by atoms with Crippen molar-refractivity contribution in [2.75, 3.05) is 13.7 Å². The molecule has 0 saturated heterocycles. The topological polar surface area (TPSA) is 64.3 Å². The molecule has 20 heavy (non-hydrogen) atoms. The van der Waals surface area contributed by atoms with Gasteiger partial charge in [0.05, 0.1) is 7.11 Å². The Morgan fingerprint density at radius 1 is 1.45 bits per heavy atom. The molecule has 0 saturated carbocycles. The van der Waals surface area contributed by atoms with E-state index in [0.29, 0.717) is 6.42 Å². The number of ether oxygens (including phenoxy) is 1. The van der Waals surface area contributed by atoms with Gasteiger partial charge in [-0.25, -0.2) is 0 Å². The second-order valence-corrected chi connectivity index (χ2v) is 5.06. The fourth-order valence-electron chi connectivity index (χ4n) is 2.54. The highest BCUT2D eigenvalue weighted by molar-refractivity contribution is 5.73. The van der Waals surface area contributed by atoms with Gasteiger partial charge in [-0.15, -0.1) is 0 Å². The molecule has 0 fully saturated rings. The number of methoxy groups -OCH3 is 1. The SMILES string of the molecule is CCc1c(OC)ccc(C(C)NCCCC(N)=O)c1C. The molecular formula is C16H26N2O2. The molecule has 0 aliphatic heterocycles. The predicted molar refractivity (Wildman–Crippen MR) is 82.0 cm³/mol. The lowest BCUT2D eigenvalue weighted by Gasteiger charge is -2.20. The Morgan fingerprint density at radius 3 is 2.70 bits per heavy atom. The first-order valence-corrected chi connectivity index (χ1v) is 7.19. The third-order valence-electron chi connectivity index (χ3n) is 3.69. The maximum atomic E-state index is 10.7. The largest absolute Gasteiger partial charge is 0.496 e. The number of primary amides is 1. The molecule has 3 N–H and O–H groups in total. The van der Waals surface area contributed by atoms with Gasteiger partial charge in [-0.1, -0.05) is 13.0 Å². The lowest BCUT2D eigenvalue weighted by atomic mass is 9.95. The van der Waals surface area contributed by atoms with E-state index in [0.717, 1.165) is 25.1 Å². The van der Waals surface area contributed by atoms with Crippen molar-refractivity contribution in [3.05, 3.63) is 28.8 Å². The summed E-state index contributed by atoms with van der Waals surface area (Å²) in [6, 6.07) is 4.39. The van der Waals surface area contributed by atoms with Crippen molar-refractivity contribution in [1.82, 2.24) is 5.32 Å². The fourth-order valence-corrected chi connectivity index (χ4v) is 2.54. The Kier molecular flexibility index (Phi) is 6.52. The van der Waals surface area contributed by atoms with Crippen molar-refractivity contribution in [1.29, 1.82) is 0 Å². The van der Waals surface area contributed by atoms with E-state index in [1.807, 2.05) is 6.07 Å². The quantitative estimate of drug-likeness (QED) is 0.718. The van der Waals surface area contributed by atoms with Crippen LogP contribution in [0.15, 0.2) is 12.1 Å². The molecule has 0 radical (unpaired) electrons. The Balaban J connectivity index is 2.73. The van der Waals surface area contributed by atoms with Crippen LogP contribution in [-0.2, 0) is 11.2 Å². The smallest absolute Gasteiger partial charge is 0.217 e. The second-order valence-electron chi connectivity index (χ2n) is 5.06. The van der Waals surface area contributed by atoms with Crippen LogP contribution >= 0.6 is 0 Å². The summed E-state index contributed by atoms with van der Waals surface area (Å²) in [5, 5.41) is 3.44. The molecule has 4 nitrogen and oxygen atoms in total. The van der Waals surface area contributed by atoms with Gasteiger partial charge in [0.25, 0.3) is 0 Å². The standard InChI is InChI=1S/C16H26N2O2/c1-5-13-11(2)14(8-9-15(13)20-4)12(3)18-10-6-7-16(17)19/h8-9,12,18H,5-7,10H2,1-4H3,(H2,17,19). The minimum atomic E-state index is -0.242. The molecule has 0 aliphatic carbocycles. The van der Waals surface area contributed by atoms with Gasteiger partial charge in [0.2, 0.25) is 5.91 Å². The van der Waals surface area contributed by atoms with Crippen molar-refractivity contribution in [3.8, 4) is 5.75 Å². The van der Waals surface area contributed by atoms with Crippen LogP contribution in [0.1, 0.15) is 49.4 Å². The Morgan fingerprint density at radius 2 is 2.15 bits per heavy atom. The van der Waals surface area contributed by atoms with Crippen LogP contribution in [0.25, 0.3) is 0 Å². The monoisotopic (exact) mass is 278 g/mol. The molecule has 1 rings (SSSR count). The third kappa shape index (κ3) is 4.23. The predicted octanol–water partition coefficient (Wildman–Crippen LogP) is 2.48. The number of benzene rings is 1. The number of nitrogens with two attached hydrogens (primary N) is 1. The zero-order chi connectivity index (χ0) is 15.1. The average molecular weight is 278 g/mol. The third-order valence-corrected chi connectivity index (χ3v) is 3.69. The highest BCUT2D eigenvalue weighted by Gasteiger charge is 2.13. The van der Waals surface area contributed by atoms with Crippen LogP contribution in [0.5, 0.6) is 5.75 Å². The number of hydrogen-bond donors (Lipinski definition) is 2. The first-order chi connectivity index (χ1) is 9.51. The molecule has 4 heteroatoms. The van der Waals surface area contributed by atoms with Gasteiger partial charge >= 0.3 is 0 Å². The van der Waals surface area contributed by atoms with Crippen LogP contribution in [0.4, 0.5) is 0 Å². The van der Waals surface area contributed by atoms with Crippen LogP contribution in [0.2, 0.25) is 0 Å². The summed E-state index contributed by atoms with van der Waals surface area (Å²) in [6.45, 7) is 7.20. The van der Waals surface area contributed by atoms with Gasteiger partial charge in [-0.2, -0.15) is 0 Å². The van der Waals surface area contributed by atoms with Gasteiger partial charge in [-0.3, -0.25) is 4.79 Å². The number of nitrogens with one attached hydrogen (secondary N) is 1. The molecule has 1 atom stereocenters. The summed E-state index contributed by atoms with van der Waals surface area (Å²) in [6.07, 6.45) is 2.16. The van der Waals surface area contributed by atoms with Crippen LogP contribution in [0, 0.1) is 6.92 Å². The number of carbonyl (C=O) groups is 1. The maximum absolute atomic E-state index is 10.7. The zero-order valence-corrected chi connectivity index (χ0v) is 13.0. The molecule has 1 aromatic carbocycles. The van der Waals surface area contributed by atoms with E-state index in [2.05, 4.69) is 32.2 Å². The fraction of sp³-hybridized carbons (Fsp3) is 0.562. The van der Waals surface area contributed by atoms with Gasteiger partial charge in [0.1, 0.15) is 5.75 Å². The van der Waals surface area contributed by atoms with Gasteiger partial charge in [0.15, 0.2) is 0 Å². The number of hydrogen-bond acceptors (Lipinski definition) is 3. The molecule has 0 spiro atoms. The molecule has 1 amide bonds. The number of amides is 1. The summed E-state index contributed by atoms with van der Waals surface area (Å²) < 4.78 is 5.40. The summed E-state index contributed by atoms with van der Waals surface area (Å²) in [7, 11) is 1.71. The van der Waals surface area contributed by atoms with E-state index in [1.165, 1.54) is 16.7 Å². The normalized spacial score (nSPS) is 12.2. The van der Waals surface area contributed by atoms with Crippen molar-refractivity contribution >= 4 is 5.91 Å². The van der Waals surface area contributed by atoms with Gasteiger partial charge in [-0.05, 0) is 56.0 Å². The second kappa shape index (κ2) is 7.90. The number of rotatable bonds is 8. The zero-order valence-electron chi connectivity index (χ0n) is 13.0. The summed E-state index contributed by atoms with van der Waals surface area (Å²) in [4.78, 5) is 10.7. The molecule has 0 aliphatic rings. The molecule has 112 valence electrons. The van der Waals surface area contributed by atoms with Crippen LogP contribution in [0.3, 0.4) is 0 Å². The lowest BCUT2D eigenvalue weighted by molar-refractivity contribution is -0.118. The summed E-state index contributed by atoms with van der Waals surface area (Å²) >= 11 is 0. The Hall–Kier alpha value is -1.55. The molecule has 1 unspecified atom stereocenters. The van der Waals surface area contributed by atoms with Crippen molar-refractivity contribution in [3.63, 3.8) is 0 Å². The minimum absolute atomic E-state index is 0.242. The highest BCUT2D eigenvalue weighted by atomic mass is 16.5. The van der Waals surface area contributed by atoms with Crippen molar-refractivity contribution < 1.29 is 9.53 Å². The average Bonchev–Trinajstić information content (AvgIpc) is 2.42. The van der Waals surface area contributed by atoms with Crippen molar-refractivity contribution in [2.24, 2.45) is 5.73 Å². The molecular weight excluding hydrogens is 252 g/mol. The van der Waals surface area contributed by atoms with E-state index in [4.69, 9.17) is 10.5 Å². The molecule has 1 aromatic rings. The van der Waals surface area contributed by atoms with E-state index in [-0.39, 0.29) is 11.9 Å². The number of carbonyl (C=O) groups excluding carboxylic acids is 1. The van der Waals surface area contributed by atoms with E-state index < -0.39 is 0 Å². The van der Waals surface area contributed by atoms with E-state index in [9.17, 15) is 4.79 Å². The Bertz CT molecular complexity index is 458. The van der Waals surface area contributed by atoms with Gasteiger partial charge < -0.3 is 15.8 Å².